The summed E-state index contributed by atoms with van der Waals surface area (Å²) >= 11 is 3.34. The first-order valence-corrected chi connectivity index (χ1v) is 5.91. The topological polar surface area (TPSA) is 63.9 Å². The predicted molar refractivity (Wildman–Crippen MR) is 64.3 cm³/mol. The second-order valence-electron chi connectivity index (χ2n) is 3.97. The van der Waals surface area contributed by atoms with Crippen LogP contribution in [0.1, 0.15) is 5.56 Å². The smallest absolute Gasteiger partial charge is 0.0990 e. The standard InChI is InChI=1S/C11H14BrNO3/c12-8-1-2-9(7(3-8)6-14)13-4-10(15)11(16)5-13/h1-3,10-11,14-16H,4-6H2. The van der Waals surface area contributed by atoms with Crippen LogP contribution in [0.4, 0.5) is 5.69 Å². The molecule has 1 aromatic rings. The van der Waals surface area contributed by atoms with Gasteiger partial charge in [0.05, 0.1) is 18.8 Å². The van der Waals surface area contributed by atoms with Gasteiger partial charge in [0.15, 0.2) is 0 Å². The van der Waals surface area contributed by atoms with Gasteiger partial charge in [-0.25, -0.2) is 0 Å². The van der Waals surface area contributed by atoms with Gasteiger partial charge in [-0.1, -0.05) is 15.9 Å². The molecule has 4 nitrogen and oxygen atoms in total. The third kappa shape index (κ3) is 2.22. The lowest BCUT2D eigenvalue weighted by Crippen LogP contribution is -2.22. The van der Waals surface area contributed by atoms with Crippen molar-refractivity contribution in [2.45, 2.75) is 18.8 Å². The molecule has 1 heterocycles. The van der Waals surface area contributed by atoms with E-state index in [4.69, 9.17) is 0 Å². The van der Waals surface area contributed by atoms with Crippen LogP contribution in [0.25, 0.3) is 0 Å². The Labute approximate surface area is 102 Å². The quantitative estimate of drug-likeness (QED) is 0.741. The molecular weight excluding hydrogens is 274 g/mol. The van der Waals surface area contributed by atoms with Gasteiger partial charge < -0.3 is 20.2 Å². The minimum Gasteiger partial charge on any atom is -0.392 e. The highest BCUT2D eigenvalue weighted by Crippen LogP contribution is 2.27. The molecule has 2 rings (SSSR count). The zero-order valence-corrected chi connectivity index (χ0v) is 10.3. The lowest BCUT2D eigenvalue weighted by atomic mass is 10.1. The molecule has 0 radical (unpaired) electrons. The molecule has 1 fully saturated rings. The Morgan fingerprint density at radius 3 is 2.44 bits per heavy atom. The molecule has 1 aliphatic rings. The van der Waals surface area contributed by atoms with Crippen molar-refractivity contribution in [3.8, 4) is 0 Å². The largest absolute Gasteiger partial charge is 0.392 e. The Bertz CT molecular complexity index is 375. The van der Waals surface area contributed by atoms with Crippen LogP contribution >= 0.6 is 15.9 Å². The van der Waals surface area contributed by atoms with Crippen LogP contribution < -0.4 is 4.90 Å². The van der Waals surface area contributed by atoms with E-state index in [0.29, 0.717) is 13.1 Å². The predicted octanol–water partition coefficient (Wildman–Crippen LogP) is 0.483. The number of aliphatic hydroxyl groups is 3. The van der Waals surface area contributed by atoms with Gasteiger partial charge in [-0.05, 0) is 18.2 Å². The van der Waals surface area contributed by atoms with E-state index in [2.05, 4.69) is 15.9 Å². The highest BCUT2D eigenvalue weighted by Gasteiger charge is 2.30. The molecule has 2 unspecified atom stereocenters. The minimum atomic E-state index is -0.713. The van der Waals surface area contributed by atoms with Crippen LogP contribution in [-0.4, -0.2) is 40.6 Å². The van der Waals surface area contributed by atoms with Crippen molar-refractivity contribution < 1.29 is 15.3 Å². The summed E-state index contributed by atoms with van der Waals surface area (Å²) in [5.74, 6) is 0. The van der Waals surface area contributed by atoms with Crippen molar-refractivity contribution in [2.75, 3.05) is 18.0 Å². The molecular formula is C11H14BrNO3. The summed E-state index contributed by atoms with van der Waals surface area (Å²) in [6, 6.07) is 5.60. The third-order valence-corrected chi connectivity index (χ3v) is 3.30. The molecule has 0 amide bonds. The van der Waals surface area contributed by atoms with E-state index in [9.17, 15) is 15.3 Å². The Balaban J connectivity index is 2.27. The molecule has 0 aliphatic carbocycles. The first-order chi connectivity index (χ1) is 7.61. The number of β-amino-alcohol motifs (C(OH)–C–C–N with tert-alkyl or cyclic N) is 2. The minimum absolute atomic E-state index is 0.0581. The maximum atomic E-state index is 9.48. The summed E-state index contributed by atoms with van der Waals surface area (Å²) in [5.41, 5.74) is 1.65. The summed E-state index contributed by atoms with van der Waals surface area (Å²) < 4.78 is 0.903. The van der Waals surface area contributed by atoms with Crippen LogP contribution in [-0.2, 0) is 6.61 Å². The van der Waals surface area contributed by atoms with Crippen LogP contribution in [0.2, 0.25) is 0 Å². The van der Waals surface area contributed by atoms with Crippen LogP contribution in [0.3, 0.4) is 0 Å². The Morgan fingerprint density at radius 2 is 1.88 bits per heavy atom. The van der Waals surface area contributed by atoms with Gasteiger partial charge in [-0.15, -0.1) is 0 Å². The number of aliphatic hydroxyl groups excluding tert-OH is 3. The molecule has 1 aliphatic heterocycles. The van der Waals surface area contributed by atoms with Crippen LogP contribution in [0, 0.1) is 0 Å². The number of rotatable bonds is 2. The molecule has 2 atom stereocenters. The summed E-state index contributed by atoms with van der Waals surface area (Å²) in [5, 5.41) is 28.2. The van der Waals surface area contributed by atoms with Gasteiger partial charge in [0.2, 0.25) is 0 Å². The molecule has 1 aromatic carbocycles. The summed E-state index contributed by atoms with van der Waals surface area (Å²) in [4.78, 5) is 1.88. The second-order valence-corrected chi connectivity index (χ2v) is 4.89. The number of hydrogen-bond acceptors (Lipinski definition) is 4. The number of benzene rings is 1. The van der Waals surface area contributed by atoms with E-state index in [1.807, 2.05) is 23.1 Å². The van der Waals surface area contributed by atoms with E-state index >= 15 is 0 Å². The second kappa shape index (κ2) is 4.71. The van der Waals surface area contributed by atoms with Gasteiger partial charge in [-0.2, -0.15) is 0 Å². The summed E-state index contributed by atoms with van der Waals surface area (Å²) in [7, 11) is 0. The van der Waals surface area contributed by atoms with E-state index in [1.54, 1.807) is 0 Å². The zero-order chi connectivity index (χ0) is 11.7. The zero-order valence-electron chi connectivity index (χ0n) is 8.67. The first-order valence-electron chi connectivity index (χ1n) is 5.12. The Kier molecular flexibility index (Phi) is 3.49. The molecule has 3 N–H and O–H groups in total. The fourth-order valence-electron chi connectivity index (χ4n) is 1.96. The molecule has 0 spiro atoms. The molecule has 0 saturated carbocycles. The molecule has 0 aromatic heterocycles. The number of anilines is 1. The van der Waals surface area contributed by atoms with Crippen molar-refractivity contribution in [3.05, 3.63) is 28.2 Å². The first kappa shape index (κ1) is 11.9. The van der Waals surface area contributed by atoms with E-state index in [0.717, 1.165) is 15.7 Å². The van der Waals surface area contributed by atoms with E-state index in [-0.39, 0.29) is 6.61 Å². The van der Waals surface area contributed by atoms with Crippen LogP contribution in [0.15, 0.2) is 22.7 Å². The SMILES string of the molecule is OCc1cc(Br)ccc1N1CC(O)C(O)C1. The van der Waals surface area contributed by atoms with Crippen molar-refractivity contribution in [2.24, 2.45) is 0 Å². The van der Waals surface area contributed by atoms with Crippen LogP contribution in [0.5, 0.6) is 0 Å². The van der Waals surface area contributed by atoms with Gasteiger partial charge >= 0.3 is 0 Å². The fraction of sp³-hybridized carbons (Fsp3) is 0.455. The van der Waals surface area contributed by atoms with Gasteiger partial charge in [0.1, 0.15) is 0 Å². The molecule has 5 heteroatoms. The molecule has 1 saturated heterocycles. The number of hydrogen-bond donors (Lipinski definition) is 3. The molecule has 88 valence electrons. The van der Waals surface area contributed by atoms with Crippen molar-refractivity contribution >= 4 is 21.6 Å². The van der Waals surface area contributed by atoms with Gasteiger partial charge in [0, 0.05) is 28.8 Å². The van der Waals surface area contributed by atoms with Crippen molar-refractivity contribution in [1.82, 2.24) is 0 Å². The van der Waals surface area contributed by atoms with Gasteiger partial charge in [-0.3, -0.25) is 0 Å². The van der Waals surface area contributed by atoms with E-state index < -0.39 is 12.2 Å². The average Bonchev–Trinajstić information content (AvgIpc) is 2.59. The summed E-state index contributed by atoms with van der Waals surface area (Å²) in [6.45, 7) is 0.739. The lowest BCUT2D eigenvalue weighted by Gasteiger charge is -2.20. The third-order valence-electron chi connectivity index (χ3n) is 2.81. The maximum absolute atomic E-state index is 9.48. The molecule has 0 bridgehead atoms. The molecule has 16 heavy (non-hydrogen) atoms. The highest BCUT2D eigenvalue weighted by molar-refractivity contribution is 9.10. The fourth-order valence-corrected chi connectivity index (χ4v) is 2.36. The lowest BCUT2D eigenvalue weighted by molar-refractivity contribution is 0.0572. The monoisotopic (exact) mass is 287 g/mol. The van der Waals surface area contributed by atoms with E-state index in [1.165, 1.54) is 0 Å². The average molecular weight is 288 g/mol. The normalized spacial score (nSPS) is 25.1. The van der Waals surface area contributed by atoms with Crippen molar-refractivity contribution in [1.29, 1.82) is 0 Å². The maximum Gasteiger partial charge on any atom is 0.0990 e. The van der Waals surface area contributed by atoms with Crippen molar-refractivity contribution in [3.63, 3.8) is 0 Å². The Morgan fingerprint density at radius 1 is 1.25 bits per heavy atom. The number of halogens is 1. The number of nitrogens with zero attached hydrogens (tertiary/aromatic N) is 1. The Hall–Kier alpha value is -0.620. The van der Waals surface area contributed by atoms with Gasteiger partial charge in [0.25, 0.3) is 0 Å². The summed E-state index contributed by atoms with van der Waals surface area (Å²) in [6.07, 6.45) is -1.43. The highest BCUT2D eigenvalue weighted by atomic mass is 79.9.